The van der Waals surface area contributed by atoms with E-state index in [2.05, 4.69) is 15.3 Å². The molecule has 1 heterocycles. The number of aliphatic carboxylic acids is 1. The van der Waals surface area contributed by atoms with Gasteiger partial charge in [-0.1, -0.05) is 0 Å². The van der Waals surface area contributed by atoms with E-state index < -0.39 is 22.8 Å². The monoisotopic (exact) mass is 364 g/mol. The van der Waals surface area contributed by atoms with Crippen LogP contribution in [0, 0.1) is 17.0 Å². The van der Waals surface area contributed by atoms with E-state index >= 15 is 0 Å². The lowest BCUT2D eigenvalue weighted by Crippen LogP contribution is -2.38. The molecular weight excluding hydrogens is 348 g/mol. The van der Waals surface area contributed by atoms with Crippen LogP contribution in [0.2, 0.25) is 0 Å². The molecule has 0 aliphatic rings. The molecule has 11 nitrogen and oxygen atoms in total. The Morgan fingerprint density at radius 1 is 1.27 bits per heavy atom. The van der Waals surface area contributed by atoms with Crippen molar-refractivity contribution in [3.8, 4) is 11.8 Å². The van der Waals surface area contributed by atoms with Crippen LogP contribution < -0.4 is 14.8 Å². The summed E-state index contributed by atoms with van der Waals surface area (Å²) in [5.41, 5.74) is -0.420. The molecule has 1 atom stereocenters. The first-order chi connectivity index (χ1) is 12.2. The van der Waals surface area contributed by atoms with Gasteiger partial charge in [0.05, 0.1) is 24.7 Å². The summed E-state index contributed by atoms with van der Waals surface area (Å²) < 4.78 is 10.1. The fourth-order valence-electron chi connectivity index (χ4n) is 2.31. The number of amides is 1. The highest BCUT2D eigenvalue weighted by Crippen LogP contribution is 2.32. The molecule has 1 aromatic carbocycles. The lowest BCUT2D eigenvalue weighted by molar-refractivity contribution is -0.385. The molecule has 0 saturated carbocycles. The number of fused-ring (bicyclic) bond motifs is 1. The number of carboxylic acids is 1. The van der Waals surface area contributed by atoms with Crippen LogP contribution in [0.1, 0.15) is 22.8 Å². The van der Waals surface area contributed by atoms with Crippen molar-refractivity contribution in [1.82, 2.24) is 15.3 Å². The molecule has 2 N–H and O–H groups in total. The topological polar surface area (TPSA) is 154 Å². The molecule has 0 bridgehead atoms. The largest absolute Gasteiger partial charge is 0.480 e. The average molecular weight is 364 g/mol. The summed E-state index contributed by atoms with van der Waals surface area (Å²) in [6.45, 7) is 2.64. The molecule has 0 fully saturated rings. The van der Waals surface area contributed by atoms with Gasteiger partial charge in [0.1, 0.15) is 17.1 Å². The number of benzene rings is 1. The summed E-state index contributed by atoms with van der Waals surface area (Å²) in [6.07, 6.45) is 0. The van der Waals surface area contributed by atoms with E-state index in [-0.39, 0.29) is 39.6 Å². The van der Waals surface area contributed by atoms with Gasteiger partial charge in [-0.15, -0.1) is 0 Å². The van der Waals surface area contributed by atoms with Gasteiger partial charge in [-0.2, -0.15) is 0 Å². The lowest BCUT2D eigenvalue weighted by Gasteiger charge is -2.14. The molecule has 11 heteroatoms. The smallest absolute Gasteiger partial charge is 0.325 e. The standard InChI is InChI=1S/C15H16N4O7/c1-6-9(19(23)24)5-8-11(18-14(26-4)13(17-8)25-3)10(6)12(20)16-7(2)15(21)22/h5,7H,1-4H3,(H,16,20)(H,21,22). The van der Waals surface area contributed by atoms with E-state index in [1.54, 1.807) is 0 Å². The number of carboxylic acid groups (broad SMARTS) is 1. The normalized spacial score (nSPS) is 11.7. The third-order valence-electron chi connectivity index (χ3n) is 3.66. The molecule has 1 amide bonds. The quantitative estimate of drug-likeness (QED) is 0.565. The van der Waals surface area contributed by atoms with Crippen molar-refractivity contribution in [2.75, 3.05) is 14.2 Å². The molecule has 26 heavy (non-hydrogen) atoms. The van der Waals surface area contributed by atoms with E-state index in [0.29, 0.717) is 0 Å². The Morgan fingerprint density at radius 3 is 2.35 bits per heavy atom. The Hall–Kier alpha value is -3.50. The van der Waals surface area contributed by atoms with Crippen LogP contribution in [0.5, 0.6) is 11.8 Å². The highest BCUT2D eigenvalue weighted by atomic mass is 16.6. The van der Waals surface area contributed by atoms with Crippen LogP contribution >= 0.6 is 0 Å². The maximum Gasteiger partial charge on any atom is 0.325 e. The summed E-state index contributed by atoms with van der Waals surface area (Å²) in [7, 11) is 2.64. The first-order valence-corrected chi connectivity index (χ1v) is 7.32. The average Bonchev–Trinajstić information content (AvgIpc) is 2.59. The molecule has 1 unspecified atom stereocenters. The molecule has 0 aliphatic heterocycles. The molecule has 0 spiro atoms. The molecule has 2 rings (SSSR count). The summed E-state index contributed by atoms with van der Waals surface area (Å²) in [5.74, 6) is -2.11. The minimum atomic E-state index is -1.25. The number of hydrogen-bond donors (Lipinski definition) is 2. The predicted molar refractivity (Wildman–Crippen MR) is 88.6 cm³/mol. The van der Waals surface area contributed by atoms with Crippen molar-refractivity contribution >= 4 is 28.6 Å². The first kappa shape index (κ1) is 18.8. The van der Waals surface area contributed by atoms with Crippen molar-refractivity contribution in [3.63, 3.8) is 0 Å². The zero-order chi connectivity index (χ0) is 19.6. The van der Waals surface area contributed by atoms with E-state index in [1.165, 1.54) is 28.1 Å². The summed E-state index contributed by atoms with van der Waals surface area (Å²) in [5, 5.41) is 22.5. The summed E-state index contributed by atoms with van der Waals surface area (Å²) in [4.78, 5) is 42.5. The minimum Gasteiger partial charge on any atom is -0.480 e. The Bertz CT molecular complexity index is 913. The highest BCUT2D eigenvalue weighted by Gasteiger charge is 2.27. The molecule has 0 saturated heterocycles. The van der Waals surface area contributed by atoms with Crippen LogP contribution in [0.4, 0.5) is 5.69 Å². The number of methoxy groups -OCH3 is 2. The molecular formula is C15H16N4O7. The fourth-order valence-corrected chi connectivity index (χ4v) is 2.31. The number of carbonyl (C=O) groups excluding carboxylic acids is 1. The van der Waals surface area contributed by atoms with Gasteiger partial charge in [0.25, 0.3) is 23.4 Å². The van der Waals surface area contributed by atoms with Crippen molar-refractivity contribution < 1.29 is 29.1 Å². The van der Waals surface area contributed by atoms with Gasteiger partial charge >= 0.3 is 5.97 Å². The molecule has 0 aliphatic carbocycles. The number of carbonyl (C=O) groups is 2. The predicted octanol–water partition coefficient (Wildman–Crippen LogP) is 1.07. The number of rotatable bonds is 6. The second kappa shape index (κ2) is 7.17. The Kier molecular flexibility index (Phi) is 5.19. The minimum absolute atomic E-state index is 0.0107. The number of ether oxygens (including phenoxy) is 2. The van der Waals surface area contributed by atoms with Gasteiger partial charge in [-0.05, 0) is 13.8 Å². The van der Waals surface area contributed by atoms with Gasteiger partial charge in [-0.3, -0.25) is 19.7 Å². The van der Waals surface area contributed by atoms with E-state index in [1.807, 2.05) is 0 Å². The van der Waals surface area contributed by atoms with E-state index in [9.17, 15) is 19.7 Å². The van der Waals surface area contributed by atoms with E-state index in [0.717, 1.165) is 6.07 Å². The molecule has 138 valence electrons. The number of nitrogens with zero attached hydrogens (tertiary/aromatic N) is 3. The summed E-state index contributed by atoms with van der Waals surface area (Å²) in [6, 6.07) is -0.0406. The van der Waals surface area contributed by atoms with Crippen LogP contribution in [-0.2, 0) is 4.79 Å². The third kappa shape index (κ3) is 3.31. The van der Waals surface area contributed by atoms with Gasteiger partial charge in [0, 0.05) is 11.6 Å². The number of nitrogens with one attached hydrogen (secondary N) is 1. The SMILES string of the molecule is COc1nc2cc([N+](=O)[O-])c(C)c(C(=O)NC(C)C(=O)O)c2nc1OC. The van der Waals surface area contributed by atoms with Crippen LogP contribution in [-0.4, -0.2) is 52.1 Å². The lowest BCUT2D eigenvalue weighted by atomic mass is 10.0. The first-order valence-electron chi connectivity index (χ1n) is 7.32. The van der Waals surface area contributed by atoms with Crippen molar-refractivity contribution in [2.45, 2.75) is 19.9 Å². The Labute approximate surface area is 147 Å². The Balaban J connectivity index is 2.79. The van der Waals surface area contributed by atoms with Gasteiger partial charge in [-0.25, -0.2) is 9.97 Å². The number of nitro groups is 1. The summed E-state index contributed by atoms with van der Waals surface area (Å²) >= 11 is 0. The molecule has 2 aromatic rings. The van der Waals surface area contributed by atoms with Crippen LogP contribution in [0.25, 0.3) is 11.0 Å². The van der Waals surface area contributed by atoms with Gasteiger partial charge in [0.15, 0.2) is 0 Å². The third-order valence-corrected chi connectivity index (χ3v) is 3.66. The zero-order valence-corrected chi connectivity index (χ0v) is 14.4. The van der Waals surface area contributed by atoms with Crippen LogP contribution in [0.3, 0.4) is 0 Å². The zero-order valence-electron chi connectivity index (χ0n) is 14.4. The van der Waals surface area contributed by atoms with Crippen molar-refractivity contribution in [3.05, 3.63) is 27.3 Å². The Morgan fingerprint density at radius 2 is 1.85 bits per heavy atom. The molecule has 0 radical (unpaired) electrons. The second-order valence-electron chi connectivity index (χ2n) is 5.30. The van der Waals surface area contributed by atoms with Crippen molar-refractivity contribution in [1.29, 1.82) is 0 Å². The van der Waals surface area contributed by atoms with E-state index in [4.69, 9.17) is 14.6 Å². The van der Waals surface area contributed by atoms with Gasteiger partial charge < -0.3 is 19.9 Å². The maximum absolute atomic E-state index is 12.6. The highest BCUT2D eigenvalue weighted by molar-refractivity contribution is 6.08. The van der Waals surface area contributed by atoms with Crippen molar-refractivity contribution in [2.24, 2.45) is 0 Å². The maximum atomic E-state index is 12.6. The number of aromatic nitrogens is 2. The second-order valence-corrected chi connectivity index (χ2v) is 5.30. The fraction of sp³-hybridized carbons (Fsp3) is 0.333. The number of hydrogen-bond acceptors (Lipinski definition) is 8. The van der Waals surface area contributed by atoms with Gasteiger partial charge in [0.2, 0.25) is 0 Å². The number of nitro benzene ring substituents is 1. The molecule has 1 aromatic heterocycles. The van der Waals surface area contributed by atoms with Crippen LogP contribution in [0.15, 0.2) is 6.07 Å².